The van der Waals surface area contributed by atoms with Gasteiger partial charge in [0.25, 0.3) is 0 Å². The van der Waals surface area contributed by atoms with Crippen LogP contribution in [0.2, 0.25) is 0 Å². The highest BCUT2D eigenvalue weighted by Crippen LogP contribution is 2.49. The largest absolute Gasteiger partial charge is 0.469 e. The van der Waals surface area contributed by atoms with E-state index in [2.05, 4.69) is 17.0 Å². The maximum Gasteiger partial charge on any atom is 0.309 e. The number of amides is 1. The van der Waals surface area contributed by atoms with Gasteiger partial charge < -0.3 is 10.1 Å². The second-order valence-corrected chi connectivity index (χ2v) is 7.66. The molecule has 5 unspecified atom stereocenters. The van der Waals surface area contributed by atoms with Crippen LogP contribution in [0.1, 0.15) is 39.5 Å². The van der Waals surface area contributed by atoms with Crippen molar-refractivity contribution in [2.75, 3.05) is 18.6 Å². The standard InChI is InChI=1S/C16H27NO3S/c1-10(16(19)20-3)8-21-9-15(18)17-11(2)14-7-12-4-5-13(14)6-12/h10-14H,4-9H2,1-3H3,(H,17,18). The molecular weight excluding hydrogens is 286 g/mol. The number of fused-ring (bicyclic) bond motifs is 2. The van der Waals surface area contributed by atoms with Crippen molar-refractivity contribution in [2.45, 2.75) is 45.6 Å². The molecular formula is C16H27NO3S. The number of nitrogens with one attached hydrogen (secondary N) is 1. The van der Waals surface area contributed by atoms with Crippen LogP contribution in [-0.2, 0) is 14.3 Å². The molecule has 0 aromatic heterocycles. The van der Waals surface area contributed by atoms with Crippen LogP contribution in [0.5, 0.6) is 0 Å². The minimum atomic E-state index is -0.210. The first-order valence-electron chi connectivity index (χ1n) is 7.96. The summed E-state index contributed by atoms with van der Waals surface area (Å²) in [5.74, 6) is 3.19. The first kappa shape index (κ1) is 16.7. The third-order valence-electron chi connectivity index (χ3n) is 5.03. The number of carbonyl (C=O) groups excluding carboxylic acids is 2. The Kier molecular flexibility index (Phi) is 5.97. The normalized spacial score (nSPS) is 30.0. The number of hydrogen-bond acceptors (Lipinski definition) is 4. The Hall–Kier alpha value is -0.710. The minimum absolute atomic E-state index is 0.0901. The van der Waals surface area contributed by atoms with Crippen LogP contribution in [-0.4, -0.2) is 36.5 Å². The number of hydrogen-bond donors (Lipinski definition) is 1. The van der Waals surface area contributed by atoms with Gasteiger partial charge in [0, 0.05) is 11.8 Å². The molecule has 2 bridgehead atoms. The predicted molar refractivity (Wildman–Crippen MR) is 85.0 cm³/mol. The predicted octanol–water partition coefficient (Wildman–Crippen LogP) is 2.47. The third-order valence-corrected chi connectivity index (χ3v) is 6.23. The van der Waals surface area contributed by atoms with Crippen LogP contribution in [0, 0.1) is 23.7 Å². The van der Waals surface area contributed by atoms with Gasteiger partial charge in [-0.3, -0.25) is 9.59 Å². The molecule has 0 spiro atoms. The Bertz CT molecular complexity index is 388. The number of esters is 1. The smallest absolute Gasteiger partial charge is 0.309 e. The van der Waals surface area contributed by atoms with Gasteiger partial charge in [0.05, 0.1) is 18.8 Å². The maximum absolute atomic E-state index is 12.0. The highest BCUT2D eigenvalue weighted by Gasteiger charge is 2.42. The van der Waals surface area contributed by atoms with E-state index in [1.807, 2.05) is 6.92 Å². The van der Waals surface area contributed by atoms with E-state index in [1.165, 1.54) is 44.6 Å². The molecule has 0 radical (unpaired) electrons. The first-order valence-corrected chi connectivity index (χ1v) is 9.11. The van der Waals surface area contributed by atoms with Crippen molar-refractivity contribution in [3.8, 4) is 0 Å². The maximum atomic E-state index is 12.0. The molecule has 2 aliphatic carbocycles. The summed E-state index contributed by atoms with van der Waals surface area (Å²) in [7, 11) is 1.40. The molecule has 2 fully saturated rings. The van der Waals surface area contributed by atoms with Crippen LogP contribution >= 0.6 is 11.8 Å². The molecule has 2 aliphatic rings. The van der Waals surface area contributed by atoms with E-state index in [0.29, 0.717) is 17.4 Å². The van der Waals surface area contributed by atoms with E-state index in [4.69, 9.17) is 0 Å². The molecule has 2 rings (SSSR count). The zero-order valence-corrected chi connectivity index (χ0v) is 14.1. The lowest BCUT2D eigenvalue weighted by molar-refractivity contribution is -0.144. The lowest BCUT2D eigenvalue weighted by Gasteiger charge is -2.28. The van der Waals surface area contributed by atoms with Crippen LogP contribution in [0.3, 0.4) is 0 Å². The molecule has 21 heavy (non-hydrogen) atoms. The molecule has 1 N–H and O–H groups in total. The average Bonchev–Trinajstić information content (AvgIpc) is 3.08. The van der Waals surface area contributed by atoms with E-state index in [-0.39, 0.29) is 23.8 Å². The zero-order chi connectivity index (χ0) is 15.4. The Morgan fingerprint density at radius 2 is 2.05 bits per heavy atom. The highest BCUT2D eigenvalue weighted by molar-refractivity contribution is 7.99. The van der Waals surface area contributed by atoms with Crippen molar-refractivity contribution in [1.82, 2.24) is 5.32 Å². The summed E-state index contributed by atoms with van der Waals surface area (Å²) < 4.78 is 4.68. The molecule has 5 atom stereocenters. The van der Waals surface area contributed by atoms with E-state index in [0.717, 1.165) is 11.8 Å². The summed E-state index contributed by atoms with van der Waals surface area (Å²) in [4.78, 5) is 23.3. The summed E-state index contributed by atoms with van der Waals surface area (Å²) in [6, 6.07) is 0.284. The van der Waals surface area contributed by atoms with E-state index in [1.54, 1.807) is 0 Å². The lowest BCUT2D eigenvalue weighted by atomic mass is 9.84. The number of carbonyl (C=O) groups is 2. The zero-order valence-electron chi connectivity index (χ0n) is 13.3. The van der Waals surface area contributed by atoms with Gasteiger partial charge in [-0.2, -0.15) is 11.8 Å². The van der Waals surface area contributed by atoms with E-state index < -0.39 is 0 Å². The summed E-state index contributed by atoms with van der Waals surface area (Å²) in [6.07, 6.45) is 5.40. The fraction of sp³-hybridized carbons (Fsp3) is 0.875. The molecule has 5 heteroatoms. The molecule has 0 saturated heterocycles. The molecule has 0 aromatic rings. The number of ether oxygens (including phenoxy) is 1. The second kappa shape index (κ2) is 7.52. The summed E-state index contributed by atoms with van der Waals surface area (Å²) >= 11 is 1.50. The summed E-state index contributed by atoms with van der Waals surface area (Å²) in [5.41, 5.74) is 0. The van der Waals surface area contributed by atoms with Gasteiger partial charge in [-0.25, -0.2) is 0 Å². The Morgan fingerprint density at radius 3 is 2.62 bits per heavy atom. The van der Waals surface area contributed by atoms with Crippen molar-refractivity contribution >= 4 is 23.6 Å². The molecule has 0 heterocycles. The van der Waals surface area contributed by atoms with Crippen LogP contribution in [0.4, 0.5) is 0 Å². The Morgan fingerprint density at radius 1 is 1.29 bits per heavy atom. The number of methoxy groups -OCH3 is 1. The molecule has 0 aromatic carbocycles. The van der Waals surface area contributed by atoms with Crippen LogP contribution in [0.15, 0.2) is 0 Å². The van der Waals surface area contributed by atoms with Gasteiger partial charge in [-0.1, -0.05) is 13.3 Å². The van der Waals surface area contributed by atoms with Gasteiger partial charge in [0.1, 0.15) is 0 Å². The van der Waals surface area contributed by atoms with Gasteiger partial charge in [-0.05, 0) is 43.9 Å². The monoisotopic (exact) mass is 313 g/mol. The van der Waals surface area contributed by atoms with Crippen molar-refractivity contribution in [1.29, 1.82) is 0 Å². The third kappa shape index (κ3) is 4.38. The molecule has 4 nitrogen and oxygen atoms in total. The minimum Gasteiger partial charge on any atom is -0.469 e. The van der Waals surface area contributed by atoms with E-state index >= 15 is 0 Å². The van der Waals surface area contributed by atoms with Crippen molar-refractivity contribution in [2.24, 2.45) is 23.7 Å². The first-order chi connectivity index (χ1) is 10.0. The number of thioether (sulfide) groups is 1. The molecule has 0 aliphatic heterocycles. The van der Waals surface area contributed by atoms with Crippen molar-refractivity contribution in [3.05, 3.63) is 0 Å². The fourth-order valence-electron chi connectivity index (χ4n) is 3.91. The quantitative estimate of drug-likeness (QED) is 0.734. The Balaban J connectivity index is 1.64. The van der Waals surface area contributed by atoms with Gasteiger partial charge in [-0.15, -0.1) is 0 Å². The van der Waals surface area contributed by atoms with Crippen molar-refractivity contribution < 1.29 is 14.3 Å². The summed E-state index contributed by atoms with van der Waals surface area (Å²) in [6.45, 7) is 3.97. The van der Waals surface area contributed by atoms with Gasteiger partial charge >= 0.3 is 5.97 Å². The Labute approximate surface area is 131 Å². The molecule has 1 amide bonds. The fourth-order valence-corrected chi connectivity index (χ4v) is 4.78. The average molecular weight is 313 g/mol. The lowest BCUT2D eigenvalue weighted by Crippen LogP contribution is -2.41. The van der Waals surface area contributed by atoms with Gasteiger partial charge in [0.15, 0.2) is 0 Å². The van der Waals surface area contributed by atoms with Crippen LogP contribution < -0.4 is 5.32 Å². The molecule has 120 valence electrons. The topological polar surface area (TPSA) is 55.4 Å². The number of rotatable bonds is 7. The molecule has 2 saturated carbocycles. The highest BCUT2D eigenvalue weighted by atomic mass is 32.2. The van der Waals surface area contributed by atoms with Crippen LogP contribution in [0.25, 0.3) is 0 Å². The van der Waals surface area contributed by atoms with E-state index in [9.17, 15) is 9.59 Å². The second-order valence-electron chi connectivity index (χ2n) is 6.63. The van der Waals surface area contributed by atoms with Gasteiger partial charge in [0.2, 0.25) is 5.91 Å². The SMILES string of the molecule is COC(=O)C(C)CSCC(=O)NC(C)C1CC2CCC1C2. The summed E-state index contributed by atoms with van der Waals surface area (Å²) in [5, 5.41) is 3.15. The van der Waals surface area contributed by atoms with Crippen molar-refractivity contribution in [3.63, 3.8) is 0 Å².